The smallest absolute Gasteiger partial charge is 0.264 e. The summed E-state index contributed by atoms with van der Waals surface area (Å²) >= 11 is 7.65. The molecule has 0 aliphatic carbocycles. The molecule has 5 heteroatoms. The average Bonchev–Trinajstić information content (AvgIpc) is 3.06. The molecule has 0 N–H and O–H groups in total. The molecule has 1 aliphatic heterocycles. The highest BCUT2D eigenvalue weighted by Gasteiger charge is 2.30. The highest BCUT2D eigenvalue weighted by molar-refractivity contribution is 8.15. The van der Waals surface area contributed by atoms with Gasteiger partial charge in [-0.3, -0.25) is 14.7 Å². The summed E-state index contributed by atoms with van der Waals surface area (Å²) in [5.41, 5.74) is 3.72. The van der Waals surface area contributed by atoms with E-state index in [0.717, 1.165) is 29.4 Å². The lowest BCUT2D eigenvalue weighted by atomic mass is 10.1. The van der Waals surface area contributed by atoms with Crippen LogP contribution in [-0.4, -0.2) is 22.9 Å². The van der Waals surface area contributed by atoms with Crippen LogP contribution in [0.2, 0.25) is 5.02 Å². The fraction of sp³-hybridized carbons (Fsp3) is 0.300. The predicted molar refractivity (Wildman–Crippen MR) is 108 cm³/mol. The highest BCUT2D eigenvalue weighted by atomic mass is 35.5. The quantitative estimate of drug-likeness (QED) is 0.714. The van der Waals surface area contributed by atoms with Gasteiger partial charge in [0.2, 0.25) is 0 Å². The first-order chi connectivity index (χ1) is 12.0. The number of carbonyl (C=O) groups excluding carboxylic acids is 1. The van der Waals surface area contributed by atoms with Crippen LogP contribution < -0.4 is 4.90 Å². The zero-order valence-electron chi connectivity index (χ0n) is 14.6. The van der Waals surface area contributed by atoms with Gasteiger partial charge in [0.25, 0.3) is 5.91 Å². The molecule has 0 saturated carbocycles. The van der Waals surface area contributed by atoms with Gasteiger partial charge in [-0.15, -0.1) is 0 Å². The molecule has 0 bridgehead atoms. The molecular weight excluding hydrogens is 352 g/mol. The number of hydrogen-bond acceptors (Lipinski definition) is 3. The Hall–Kier alpha value is -1.78. The lowest BCUT2D eigenvalue weighted by Crippen LogP contribution is -2.35. The first-order valence-electron chi connectivity index (χ1n) is 8.38. The Morgan fingerprint density at radius 3 is 2.56 bits per heavy atom. The van der Waals surface area contributed by atoms with Gasteiger partial charge < -0.3 is 0 Å². The molecule has 1 amide bonds. The monoisotopic (exact) mass is 372 g/mol. The number of rotatable bonds is 3. The Balaban J connectivity index is 2.03. The number of halogens is 1. The van der Waals surface area contributed by atoms with Gasteiger partial charge in [-0.1, -0.05) is 48.0 Å². The van der Waals surface area contributed by atoms with Crippen molar-refractivity contribution in [3.63, 3.8) is 0 Å². The van der Waals surface area contributed by atoms with Gasteiger partial charge in [0.15, 0.2) is 5.17 Å². The van der Waals surface area contributed by atoms with Crippen LogP contribution in [0.4, 0.5) is 5.69 Å². The van der Waals surface area contributed by atoms with Crippen LogP contribution in [0.15, 0.2) is 47.5 Å². The summed E-state index contributed by atoms with van der Waals surface area (Å²) in [6.45, 7) is 6.99. The summed E-state index contributed by atoms with van der Waals surface area (Å²) in [7, 11) is 0. The van der Waals surface area contributed by atoms with Gasteiger partial charge in [0.1, 0.15) is 0 Å². The van der Waals surface area contributed by atoms with Gasteiger partial charge in [-0.05, 0) is 56.2 Å². The lowest BCUT2D eigenvalue weighted by Gasteiger charge is -2.24. The van der Waals surface area contributed by atoms with Crippen LogP contribution in [0.1, 0.15) is 34.8 Å². The Bertz CT molecular complexity index is 817. The van der Waals surface area contributed by atoms with E-state index in [9.17, 15) is 4.79 Å². The van der Waals surface area contributed by atoms with Gasteiger partial charge in [-0.25, -0.2) is 0 Å². The van der Waals surface area contributed by atoms with Gasteiger partial charge in [-0.2, -0.15) is 0 Å². The van der Waals surface area contributed by atoms with E-state index in [2.05, 4.69) is 24.9 Å². The number of hydrogen-bond donors (Lipinski definition) is 0. The number of benzene rings is 2. The Morgan fingerprint density at radius 1 is 1.24 bits per heavy atom. The molecule has 25 heavy (non-hydrogen) atoms. The summed E-state index contributed by atoms with van der Waals surface area (Å²) in [6.07, 6.45) is 1.04. The van der Waals surface area contributed by atoms with Crippen molar-refractivity contribution in [3.8, 4) is 0 Å². The molecule has 3 rings (SSSR count). The minimum Gasteiger partial charge on any atom is -0.268 e. The zero-order chi connectivity index (χ0) is 18.0. The number of amides is 1. The summed E-state index contributed by atoms with van der Waals surface area (Å²) in [4.78, 5) is 19.7. The fourth-order valence-electron chi connectivity index (χ4n) is 2.82. The second-order valence-electron chi connectivity index (χ2n) is 6.21. The third-order valence-corrected chi connectivity index (χ3v) is 5.83. The molecule has 3 nitrogen and oxygen atoms in total. The first-order valence-corrected chi connectivity index (χ1v) is 9.63. The third-order valence-electron chi connectivity index (χ3n) is 4.24. The van der Waals surface area contributed by atoms with Crippen molar-refractivity contribution in [1.82, 2.24) is 0 Å². The number of thioether (sulfide) groups is 1. The summed E-state index contributed by atoms with van der Waals surface area (Å²) < 4.78 is 0. The maximum absolute atomic E-state index is 13.3. The normalized spacial score (nSPS) is 16.6. The topological polar surface area (TPSA) is 32.7 Å². The molecule has 0 unspecified atom stereocenters. The SMILES string of the molecule is CC[C@@H]1CN=C(N(C(=O)c2ccc(Cl)cc2)c2ccc(C)cc2C)S1. The van der Waals surface area contributed by atoms with E-state index in [4.69, 9.17) is 11.6 Å². The van der Waals surface area contributed by atoms with Crippen LogP contribution in [-0.2, 0) is 0 Å². The minimum absolute atomic E-state index is 0.0772. The predicted octanol–water partition coefficient (Wildman–Crippen LogP) is 5.49. The van der Waals surface area contributed by atoms with Crippen molar-refractivity contribution < 1.29 is 4.79 Å². The fourth-order valence-corrected chi connectivity index (χ4v) is 3.99. The molecule has 1 heterocycles. The first kappa shape index (κ1) is 18.0. The standard InChI is InChI=1S/C20H21ClN2OS/c1-4-17-12-22-20(25-17)23(18-10-5-13(2)11-14(18)3)19(24)15-6-8-16(21)9-7-15/h5-11,17H,4,12H2,1-3H3/t17-/m1/s1. The highest BCUT2D eigenvalue weighted by Crippen LogP contribution is 2.32. The van der Waals surface area contributed by atoms with Crippen LogP contribution in [0.5, 0.6) is 0 Å². The largest absolute Gasteiger partial charge is 0.268 e. The molecule has 2 aromatic rings. The Labute approximate surface area is 158 Å². The van der Waals surface area contributed by atoms with E-state index in [1.807, 2.05) is 19.1 Å². The van der Waals surface area contributed by atoms with E-state index < -0.39 is 0 Å². The molecule has 1 aliphatic rings. The Morgan fingerprint density at radius 2 is 1.96 bits per heavy atom. The van der Waals surface area contributed by atoms with Crippen molar-refractivity contribution in [2.75, 3.05) is 11.4 Å². The number of anilines is 1. The van der Waals surface area contributed by atoms with Crippen molar-refractivity contribution >= 4 is 40.1 Å². The third kappa shape index (κ3) is 3.91. The van der Waals surface area contributed by atoms with Crippen LogP contribution in [0.3, 0.4) is 0 Å². The second kappa shape index (κ2) is 7.63. The van der Waals surface area contributed by atoms with E-state index >= 15 is 0 Å². The summed E-state index contributed by atoms with van der Waals surface area (Å²) in [5.74, 6) is -0.0772. The molecule has 130 valence electrons. The van der Waals surface area contributed by atoms with Crippen LogP contribution in [0.25, 0.3) is 0 Å². The van der Waals surface area contributed by atoms with Crippen LogP contribution in [0, 0.1) is 13.8 Å². The van der Waals surface area contributed by atoms with E-state index in [0.29, 0.717) is 15.8 Å². The molecule has 0 fully saturated rings. The minimum atomic E-state index is -0.0772. The van der Waals surface area contributed by atoms with Crippen molar-refractivity contribution in [1.29, 1.82) is 0 Å². The number of amidine groups is 1. The molecule has 1 atom stereocenters. The van der Waals surface area contributed by atoms with Crippen LogP contribution >= 0.6 is 23.4 Å². The Kier molecular flexibility index (Phi) is 5.50. The number of carbonyl (C=O) groups is 1. The van der Waals surface area contributed by atoms with Gasteiger partial charge in [0, 0.05) is 15.8 Å². The van der Waals surface area contributed by atoms with E-state index in [1.165, 1.54) is 5.56 Å². The maximum atomic E-state index is 13.3. The molecule has 2 aromatic carbocycles. The number of nitrogens with zero attached hydrogens (tertiary/aromatic N) is 2. The van der Waals surface area contributed by atoms with Gasteiger partial charge in [0.05, 0.1) is 12.2 Å². The number of aryl methyl sites for hydroxylation is 2. The molecule has 0 saturated heterocycles. The number of aliphatic imine (C=N–C) groups is 1. The second-order valence-corrected chi connectivity index (χ2v) is 7.91. The lowest BCUT2D eigenvalue weighted by molar-refractivity contribution is 0.100. The molecule has 0 spiro atoms. The zero-order valence-corrected chi connectivity index (χ0v) is 16.2. The molecular formula is C20H21ClN2OS. The average molecular weight is 373 g/mol. The van der Waals surface area contributed by atoms with Gasteiger partial charge >= 0.3 is 0 Å². The molecule has 0 radical (unpaired) electrons. The van der Waals surface area contributed by atoms with E-state index in [-0.39, 0.29) is 5.91 Å². The van der Waals surface area contributed by atoms with Crippen molar-refractivity contribution in [2.24, 2.45) is 4.99 Å². The maximum Gasteiger partial charge on any atom is 0.264 e. The van der Waals surface area contributed by atoms with E-state index in [1.54, 1.807) is 40.9 Å². The summed E-state index contributed by atoms with van der Waals surface area (Å²) in [6, 6.07) is 13.1. The molecule has 0 aromatic heterocycles. The van der Waals surface area contributed by atoms with Crippen molar-refractivity contribution in [2.45, 2.75) is 32.4 Å². The van der Waals surface area contributed by atoms with Crippen molar-refractivity contribution in [3.05, 3.63) is 64.2 Å². The summed E-state index contributed by atoms with van der Waals surface area (Å²) in [5, 5.41) is 1.83.